The molecule has 1 aromatic rings. The minimum atomic E-state index is -1.81. The number of aliphatic hydroxyl groups is 2. The van der Waals surface area contributed by atoms with E-state index in [-0.39, 0.29) is 6.54 Å². The van der Waals surface area contributed by atoms with Crippen LogP contribution in [0.2, 0.25) is 5.02 Å². The maximum Gasteiger partial charge on any atom is 0.188 e. The summed E-state index contributed by atoms with van der Waals surface area (Å²) >= 11 is 5.85. The molecular formula is C14H17ClN2O2. The molecule has 0 bridgehead atoms. The highest BCUT2D eigenvalue weighted by molar-refractivity contribution is 6.30. The van der Waals surface area contributed by atoms with Gasteiger partial charge in [0.1, 0.15) is 11.7 Å². The molecular weight excluding hydrogens is 264 g/mol. The van der Waals surface area contributed by atoms with E-state index in [1.807, 2.05) is 18.0 Å². The van der Waals surface area contributed by atoms with Crippen molar-refractivity contribution in [3.63, 3.8) is 0 Å². The molecule has 1 aliphatic heterocycles. The number of nitriles is 1. The third kappa shape index (κ3) is 2.35. The number of piperidine rings is 1. The molecule has 4 nitrogen and oxygen atoms in total. The first-order chi connectivity index (χ1) is 8.80. The van der Waals surface area contributed by atoms with E-state index in [2.05, 4.69) is 0 Å². The van der Waals surface area contributed by atoms with Crippen LogP contribution in [-0.2, 0) is 0 Å². The Morgan fingerprint density at radius 3 is 2.47 bits per heavy atom. The number of benzene rings is 1. The van der Waals surface area contributed by atoms with Gasteiger partial charge in [0.25, 0.3) is 0 Å². The Morgan fingerprint density at radius 1 is 1.37 bits per heavy atom. The number of hydrogen-bond acceptors (Lipinski definition) is 4. The van der Waals surface area contributed by atoms with Gasteiger partial charge in [0.2, 0.25) is 0 Å². The van der Waals surface area contributed by atoms with Crippen molar-refractivity contribution in [2.75, 3.05) is 20.1 Å². The fourth-order valence-corrected chi connectivity index (χ4v) is 2.90. The quantitative estimate of drug-likeness (QED) is 0.763. The van der Waals surface area contributed by atoms with Crippen molar-refractivity contribution in [2.24, 2.45) is 0 Å². The molecule has 2 rings (SSSR count). The number of hydrogen-bond donors (Lipinski definition) is 2. The van der Waals surface area contributed by atoms with Crippen molar-refractivity contribution in [1.82, 2.24) is 4.90 Å². The fraction of sp³-hybridized carbons (Fsp3) is 0.500. The first-order valence-corrected chi connectivity index (χ1v) is 6.48. The second-order valence-corrected chi connectivity index (χ2v) is 5.89. The van der Waals surface area contributed by atoms with E-state index in [0.717, 1.165) is 5.56 Å². The lowest BCUT2D eigenvalue weighted by Gasteiger charge is -2.49. The second-order valence-electron chi connectivity index (χ2n) is 5.45. The highest BCUT2D eigenvalue weighted by Gasteiger charge is 2.56. The molecule has 1 aliphatic rings. The summed E-state index contributed by atoms with van der Waals surface area (Å²) in [5.74, 6) is -0.483. The number of halogens is 1. The number of nitrogens with zero attached hydrogens (tertiary/aromatic N) is 2. The number of likely N-dealkylation sites (tertiary alicyclic amines) is 1. The average Bonchev–Trinajstić information content (AvgIpc) is 2.34. The molecule has 19 heavy (non-hydrogen) atoms. The number of β-amino-alcohol motifs (C(OH)–C–C–N with tert-alkyl or cyclic N) is 1. The second kappa shape index (κ2) is 4.77. The van der Waals surface area contributed by atoms with Gasteiger partial charge in [-0.25, -0.2) is 0 Å². The first kappa shape index (κ1) is 14.3. The largest absolute Gasteiger partial charge is 0.385 e. The maximum atomic E-state index is 10.6. The Kier molecular flexibility index (Phi) is 3.59. The van der Waals surface area contributed by atoms with E-state index in [1.54, 1.807) is 24.3 Å². The Labute approximate surface area is 117 Å². The molecule has 0 spiro atoms. The summed E-state index contributed by atoms with van der Waals surface area (Å²) in [6, 6.07) is 8.91. The summed E-state index contributed by atoms with van der Waals surface area (Å²) in [6.07, 6.45) is 0. The van der Waals surface area contributed by atoms with Crippen molar-refractivity contribution >= 4 is 11.6 Å². The Bertz CT molecular complexity index is 509. The molecule has 102 valence electrons. The highest BCUT2D eigenvalue weighted by atomic mass is 35.5. The summed E-state index contributed by atoms with van der Waals surface area (Å²) in [4.78, 5) is 1.91. The van der Waals surface area contributed by atoms with E-state index in [4.69, 9.17) is 11.6 Å². The summed E-state index contributed by atoms with van der Waals surface area (Å²) < 4.78 is 0. The normalized spacial score (nSPS) is 35.9. The Hall–Kier alpha value is -1.12. The van der Waals surface area contributed by atoms with Crippen molar-refractivity contribution in [3.8, 4) is 6.07 Å². The van der Waals surface area contributed by atoms with Crippen molar-refractivity contribution < 1.29 is 10.2 Å². The predicted octanol–water partition coefficient (Wildman–Crippen LogP) is 1.37. The summed E-state index contributed by atoms with van der Waals surface area (Å²) in [5.41, 5.74) is -2.51. The van der Waals surface area contributed by atoms with E-state index in [9.17, 15) is 15.5 Å². The van der Waals surface area contributed by atoms with E-state index >= 15 is 0 Å². The number of likely N-dealkylation sites (N-methyl/N-ethyl adjacent to an activating group) is 1. The summed E-state index contributed by atoms with van der Waals surface area (Å²) in [7, 11) is 1.86. The minimum Gasteiger partial charge on any atom is -0.385 e. The smallest absolute Gasteiger partial charge is 0.188 e. The van der Waals surface area contributed by atoms with Crippen molar-refractivity contribution in [1.29, 1.82) is 5.26 Å². The number of rotatable bonds is 1. The van der Waals surface area contributed by atoms with Crippen molar-refractivity contribution in [3.05, 3.63) is 34.9 Å². The Morgan fingerprint density at radius 2 is 1.95 bits per heavy atom. The molecule has 1 heterocycles. The van der Waals surface area contributed by atoms with Gasteiger partial charge in [-0.15, -0.1) is 0 Å². The van der Waals surface area contributed by atoms with Gasteiger partial charge in [-0.05, 0) is 31.7 Å². The van der Waals surface area contributed by atoms with Crippen LogP contribution >= 0.6 is 11.6 Å². The van der Waals surface area contributed by atoms with E-state index in [0.29, 0.717) is 11.6 Å². The molecule has 0 amide bonds. The van der Waals surface area contributed by atoms with Crippen LogP contribution in [0.15, 0.2) is 24.3 Å². The minimum absolute atomic E-state index is 0.251. The zero-order chi connectivity index (χ0) is 14.3. The first-order valence-electron chi connectivity index (χ1n) is 6.10. The molecule has 0 aromatic heterocycles. The van der Waals surface area contributed by atoms with Crippen LogP contribution in [0.4, 0.5) is 0 Å². The third-order valence-corrected chi connectivity index (χ3v) is 4.09. The third-order valence-electron chi connectivity index (χ3n) is 3.84. The lowest BCUT2D eigenvalue weighted by Crippen LogP contribution is -2.65. The van der Waals surface area contributed by atoms with Crippen LogP contribution in [0.3, 0.4) is 0 Å². The standard InChI is InChI=1S/C14H17ClN2O2/c1-13(18)9-17(2)7-12(14(13,19)8-16)10-3-5-11(15)6-4-10/h3-6,12,18-19H,7,9H2,1-2H3. The lowest BCUT2D eigenvalue weighted by atomic mass is 9.69. The van der Waals surface area contributed by atoms with Gasteiger partial charge in [0.05, 0.1) is 0 Å². The van der Waals surface area contributed by atoms with Crippen molar-refractivity contribution in [2.45, 2.75) is 24.0 Å². The van der Waals surface area contributed by atoms with Crippen LogP contribution in [0, 0.1) is 11.3 Å². The zero-order valence-corrected chi connectivity index (χ0v) is 11.7. The molecule has 1 aromatic carbocycles. The SMILES string of the molecule is CN1CC(c2ccc(Cl)cc2)C(O)(C#N)C(C)(O)C1. The van der Waals surface area contributed by atoms with Gasteiger partial charge in [-0.3, -0.25) is 0 Å². The van der Waals surface area contributed by atoms with Gasteiger partial charge in [-0.2, -0.15) is 5.26 Å². The van der Waals surface area contributed by atoms with Crippen LogP contribution < -0.4 is 0 Å². The maximum absolute atomic E-state index is 10.6. The van der Waals surface area contributed by atoms with Gasteiger partial charge < -0.3 is 15.1 Å². The van der Waals surface area contributed by atoms with Gasteiger partial charge >= 0.3 is 0 Å². The molecule has 3 atom stereocenters. The van der Waals surface area contributed by atoms with Gasteiger partial charge in [0.15, 0.2) is 5.60 Å². The molecule has 2 N–H and O–H groups in total. The lowest BCUT2D eigenvalue weighted by molar-refractivity contribution is -0.157. The van der Waals surface area contributed by atoms with E-state index in [1.165, 1.54) is 6.92 Å². The molecule has 3 unspecified atom stereocenters. The van der Waals surface area contributed by atoms with Crippen LogP contribution in [-0.4, -0.2) is 46.5 Å². The molecule has 1 fully saturated rings. The van der Waals surface area contributed by atoms with Gasteiger partial charge in [0, 0.05) is 24.0 Å². The Balaban J connectivity index is 2.47. The summed E-state index contributed by atoms with van der Waals surface area (Å²) in [5, 5.41) is 31.0. The average molecular weight is 281 g/mol. The van der Waals surface area contributed by atoms with E-state index < -0.39 is 17.1 Å². The fourth-order valence-electron chi connectivity index (χ4n) is 2.77. The zero-order valence-electron chi connectivity index (χ0n) is 11.0. The molecule has 0 saturated carbocycles. The monoisotopic (exact) mass is 280 g/mol. The van der Waals surface area contributed by atoms with Crippen LogP contribution in [0.1, 0.15) is 18.4 Å². The van der Waals surface area contributed by atoms with Crippen LogP contribution in [0.25, 0.3) is 0 Å². The van der Waals surface area contributed by atoms with Crippen LogP contribution in [0.5, 0.6) is 0 Å². The van der Waals surface area contributed by atoms with Gasteiger partial charge in [-0.1, -0.05) is 23.7 Å². The molecule has 5 heteroatoms. The molecule has 1 saturated heterocycles. The highest BCUT2D eigenvalue weighted by Crippen LogP contribution is 2.41. The summed E-state index contributed by atoms with van der Waals surface area (Å²) in [6.45, 7) is 2.25. The molecule has 0 radical (unpaired) electrons. The molecule has 0 aliphatic carbocycles. The predicted molar refractivity (Wildman–Crippen MR) is 72.9 cm³/mol. The topological polar surface area (TPSA) is 67.5 Å².